The molecule has 0 radical (unpaired) electrons. The summed E-state index contributed by atoms with van der Waals surface area (Å²) in [6.07, 6.45) is 0.715. The van der Waals surface area contributed by atoms with Crippen LogP contribution in [-0.2, 0) is 4.79 Å². The maximum absolute atomic E-state index is 11.8. The van der Waals surface area contributed by atoms with E-state index in [1.807, 2.05) is 6.92 Å². The van der Waals surface area contributed by atoms with E-state index in [4.69, 9.17) is 22.1 Å². The summed E-state index contributed by atoms with van der Waals surface area (Å²) in [5.74, 6) is 0.279. The Kier molecular flexibility index (Phi) is 5.25. The first-order valence-electron chi connectivity index (χ1n) is 5.46. The van der Waals surface area contributed by atoms with Crippen LogP contribution in [0.25, 0.3) is 0 Å². The largest absolute Gasteiger partial charge is 0.495 e. The highest BCUT2D eigenvalue weighted by molar-refractivity contribution is 6.32. The molecule has 0 saturated carbocycles. The predicted octanol–water partition coefficient (Wildman–Crippen LogP) is 2.27. The molecule has 1 unspecified atom stereocenters. The van der Waals surface area contributed by atoms with Crippen LogP contribution < -0.4 is 15.8 Å². The summed E-state index contributed by atoms with van der Waals surface area (Å²) in [4.78, 5) is 11.8. The Morgan fingerprint density at radius 2 is 2.29 bits per heavy atom. The Bertz CT molecular complexity index is 392. The Morgan fingerprint density at radius 3 is 2.82 bits per heavy atom. The molecule has 3 N–H and O–H groups in total. The molecular weight excluding hydrogens is 240 g/mol. The molecule has 4 nitrogen and oxygen atoms in total. The van der Waals surface area contributed by atoms with E-state index in [-0.39, 0.29) is 11.8 Å². The molecule has 94 valence electrons. The van der Waals surface area contributed by atoms with Crippen LogP contribution in [0.5, 0.6) is 5.75 Å². The van der Waals surface area contributed by atoms with Crippen LogP contribution in [0.2, 0.25) is 5.02 Å². The lowest BCUT2D eigenvalue weighted by atomic mass is 10.1. The van der Waals surface area contributed by atoms with E-state index < -0.39 is 0 Å². The number of amides is 1. The smallest absolute Gasteiger partial charge is 0.228 e. The second-order valence-corrected chi connectivity index (χ2v) is 4.09. The number of anilines is 1. The van der Waals surface area contributed by atoms with E-state index in [0.29, 0.717) is 29.4 Å². The zero-order valence-electron chi connectivity index (χ0n) is 10.00. The van der Waals surface area contributed by atoms with Crippen molar-refractivity contribution in [3.63, 3.8) is 0 Å². The zero-order valence-corrected chi connectivity index (χ0v) is 10.8. The number of nitrogens with one attached hydrogen (secondary N) is 1. The van der Waals surface area contributed by atoms with Crippen LogP contribution in [0.15, 0.2) is 18.2 Å². The van der Waals surface area contributed by atoms with Gasteiger partial charge in [0.05, 0.1) is 18.1 Å². The lowest BCUT2D eigenvalue weighted by molar-refractivity contribution is -0.119. The Balaban J connectivity index is 2.78. The summed E-state index contributed by atoms with van der Waals surface area (Å²) in [7, 11) is 1.53. The molecule has 0 heterocycles. The number of carbonyl (C=O) groups excluding carboxylic acids is 1. The Labute approximate surface area is 106 Å². The number of ether oxygens (including phenoxy) is 1. The first-order chi connectivity index (χ1) is 8.12. The van der Waals surface area contributed by atoms with Gasteiger partial charge in [0.25, 0.3) is 0 Å². The molecule has 0 aliphatic rings. The highest BCUT2D eigenvalue weighted by Crippen LogP contribution is 2.27. The normalized spacial score (nSPS) is 12.0. The Hall–Kier alpha value is -1.26. The summed E-state index contributed by atoms with van der Waals surface area (Å²) in [5, 5.41) is 3.30. The highest BCUT2D eigenvalue weighted by atomic mass is 35.5. The van der Waals surface area contributed by atoms with E-state index in [1.165, 1.54) is 7.11 Å². The number of halogens is 1. The third kappa shape index (κ3) is 3.61. The minimum absolute atomic E-state index is 0.0839. The molecule has 1 atom stereocenters. The van der Waals surface area contributed by atoms with Gasteiger partial charge in [0.15, 0.2) is 0 Å². The molecule has 0 fully saturated rings. The second-order valence-electron chi connectivity index (χ2n) is 3.68. The maximum Gasteiger partial charge on any atom is 0.228 e. The SMILES string of the molecule is CCC(CN)C(=O)Nc1ccc(Cl)c(OC)c1. The zero-order chi connectivity index (χ0) is 12.8. The minimum atomic E-state index is -0.170. The standard InChI is InChI=1S/C12H17ClN2O2/c1-3-8(7-14)12(16)15-9-4-5-10(13)11(6-9)17-2/h4-6,8H,3,7,14H2,1-2H3,(H,15,16). The van der Waals surface area contributed by atoms with Gasteiger partial charge in [0, 0.05) is 18.3 Å². The van der Waals surface area contributed by atoms with Crippen molar-refractivity contribution in [3.8, 4) is 5.75 Å². The van der Waals surface area contributed by atoms with Crippen LogP contribution in [0.4, 0.5) is 5.69 Å². The minimum Gasteiger partial charge on any atom is -0.495 e. The maximum atomic E-state index is 11.8. The van der Waals surface area contributed by atoms with Crippen molar-refractivity contribution in [2.24, 2.45) is 11.7 Å². The van der Waals surface area contributed by atoms with Crippen molar-refractivity contribution < 1.29 is 9.53 Å². The van der Waals surface area contributed by atoms with Crippen molar-refractivity contribution in [3.05, 3.63) is 23.2 Å². The fourth-order valence-electron chi connectivity index (χ4n) is 1.44. The Morgan fingerprint density at radius 1 is 1.59 bits per heavy atom. The first kappa shape index (κ1) is 13.8. The number of hydrogen-bond acceptors (Lipinski definition) is 3. The van der Waals surface area contributed by atoms with Gasteiger partial charge in [-0.25, -0.2) is 0 Å². The molecule has 0 bridgehead atoms. The number of carbonyl (C=O) groups is 1. The van der Waals surface area contributed by atoms with Crippen LogP contribution in [0.3, 0.4) is 0 Å². The van der Waals surface area contributed by atoms with Gasteiger partial charge < -0.3 is 15.8 Å². The number of hydrogen-bond donors (Lipinski definition) is 2. The van der Waals surface area contributed by atoms with Gasteiger partial charge in [-0.3, -0.25) is 4.79 Å². The van der Waals surface area contributed by atoms with Gasteiger partial charge in [-0.15, -0.1) is 0 Å². The van der Waals surface area contributed by atoms with Crippen molar-refractivity contribution >= 4 is 23.2 Å². The molecular formula is C12H17ClN2O2. The van der Waals surface area contributed by atoms with Gasteiger partial charge in [0.2, 0.25) is 5.91 Å². The molecule has 0 aliphatic heterocycles. The second kappa shape index (κ2) is 6.47. The summed E-state index contributed by atoms with van der Waals surface area (Å²) in [6.45, 7) is 2.27. The van der Waals surface area contributed by atoms with Crippen molar-refractivity contribution in [1.29, 1.82) is 0 Å². The highest BCUT2D eigenvalue weighted by Gasteiger charge is 2.14. The van der Waals surface area contributed by atoms with E-state index in [0.717, 1.165) is 0 Å². The van der Waals surface area contributed by atoms with Crippen LogP contribution in [-0.4, -0.2) is 19.6 Å². The number of nitrogens with two attached hydrogens (primary N) is 1. The van der Waals surface area contributed by atoms with Gasteiger partial charge in [0.1, 0.15) is 5.75 Å². The molecule has 0 saturated heterocycles. The molecule has 1 aromatic carbocycles. The topological polar surface area (TPSA) is 64.4 Å². The average Bonchev–Trinajstić information content (AvgIpc) is 2.33. The van der Waals surface area contributed by atoms with E-state index in [2.05, 4.69) is 5.32 Å². The molecule has 0 aliphatic carbocycles. The summed E-state index contributed by atoms with van der Waals surface area (Å²) in [5.41, 5.74) is 6.17. The average molecular weight is 257 g/mol. The quantitative estimate of drug-likeness (QED) is 0.849. The van der Waals surface area contributed by atoms with Crippen molar-refractivity contribution in [2.75, 3.05) is 19.0 Å². The van der Waals surface area contributed by atoms with Crippen LogP contribution in [0, 0.1) is 5.92 Å². The summed E-state index contributed by atoms with van der Waals surface area (Å²) < 4.78 is 5.07. The summed E-state index contributed by atoms with van der Waals surface area (Å²) >= 11 is 5.89. The fraction of sp³-hybridized carbons (Fsp3) is 0.417. The lowest BCUT2D eigenvalue weighted by Crippen LogP contribution is -2.28. The van der Waals surface area contributed by atoms with Crippen molar-refractivity contribution in [1.82, 2.24) is 0 Å². The molecule has 0 aromatic heterocycles. The van der Waals surface area contributed by atoms with Gasteiger partial charge in [-0.2, -0.15) is 0 Å². The lowest BCUT2D eigenvalue weighted by Gasteiger charge is -2.13. The van der Waals surface area contributed by atoms with Crippen LogP contribution >= 0.6 is 11.6 Å². The van der Waals surface area contributed by atoms with Crippen LogP contribution in [0.1, 0.15) is 13.3 Å². The number of methoxy groups -OCH3 is 1. The van der Waals surface area contributed by atoms with E-state index in [1.54, 1.807) is 18.2 Å². The molecule has 1 amide bonds. The fourth-order valence-corrected chi connectivity index (χ4v) is 1.64. The van der Waals surface area contributed by atoms with E-state index in [9.17, 15) is 4.79 Å². The first-order valence-corrected chi connectivity index (χ1v) is 5.84. The number of rotatable bonds is 5. The molecule has 17 heavy (non-hydrogen) atoms. The number of benzene rings is 1. The molecule has 1 rings (SSSR count). The van der Waals surface area contributed by atoms with Gasteiger partial charge in [-0.1, -0.05) is 18.5 Å². The predicted molar refractivity (Wildman–Crippen MR) is 69.5 cm³/mol. The van der Waals surface area contributed by atoms with Gasteiger partial charge in [-0.05, 0) is 18.6 Å². The third-order valence-electron chi connectivity index (χ3n) is 2.57. The van der Waals surface area contributed by atoms with Crippen molar-refractivity contribution in [2.45, 2.75) is 13.3 Å². The monoisotopic (exact) mass is 256 g/mol. The third-order valence-corrected chi connectivity index (χ3v) is 2.88. The molecule has 0 spiro atoms. The molecule has 1 aromatic rings. The summed E-state index contributed by atoms with van der Waals surface area (Å²) in [6, 6.07) is 5.09. The van der Waals surface area contributed by atoms with Gasteiger partial charge >= 0.3 is 0 Å². The molecule has 5 heteroatoms. The van der Waals surface area contributed by atoms with E-state index >= 15 is 0 Å².